The van der Waals surface area contributed by atoms with Gasteiger partial charge in [0.05, 0.1) is 6.42 Å². The summed E-state index contributed by atoms with van der Waals surface area (Å²) >= 11 is 1.52. The van der Waals surface area contributed by atoms with Gasteiger partial charge in [0.15, 0.2) is 5.13 Å². The van der Waals surface area contributed by atoms with Gasteiger partial charge in [-0.25, -0.2) is 4.98 Å². The molecule has 0 unspecified atom stereocenters. The standard InChI is InChI=1S/C15H14N4OS/c20-14(17-10-12-3-5-16-6-4-12)9-13-11-18-15(21-13)19-7-1-2-8-19/h1-8,11H,9-10H2,(H,17,20). The van der Waals surface area contributed by atoms with Crippen molar-refractivity contribution in [2.45, 2.75) is 13.0 Å². The van der Waals surface area contributed by atoms with Gasteiger partial charge < -0.3 is 9.88 Å². The van der Waals surface area contributed by atoms with Crippen molar-refractivity contribution in [1.82, 2.24) is 19.9 Å². The van der Waals surface area contributed by atoms with E-state index in [0.29, 0.717) is 13.0 Å². The Morgan fingerprint density at radius 3 is 2.76 bits per heavy atom. The van der Waals surface area contributed by atoms with E-state index in [1.54, 1.807) is 18.6 Å². The predicted molar refractivity (Wildman–Crippen MR) is 81.2 cm³/mol. The Morgan fingerprint density at radius 2 is 2.00 bits per heavy atom. The Labute approximate surface area is 126 Å². The predicted octanol–water partition coefficient (Wildman–Crippen LogP) is 2.19. The fraction of sp³-hybridized carbons (Fsp3) is 0.133. The van der Waals surface area contributed by atoms with Crippen LogP contribution in [-0.4, -0.2) is 20.4 Å². The van der Waals surface area contributed by atoms with Crippen molar-refractivity contribution in [3.8, 4) is 5.13 Å². The van der Waals surface area contributed by atoms with Crippen LogP contribution in [0.1, 0.15) is 10.4 Å². The summed E-state index contributed by atoms with van der Waals surface area (Å²) < 4.78 is 1.93. The highest BCUT2D eigenvalue weighted by Gasteiger charge is 2.08. The van der Waals surface area contributed by atoms with Crippen molar-refractivity contribution in [2.24, 2.45) is 0 Å². The molecule has 21 heavy (non-hydrogen) atoms. The first-order chi connectivity index (χ1) is 10.3. The molecule has 0 aromatic carbocycles. The molecule has 6 heteroatoms. The molecule has 0 spiro atoms. The second-order valence-electron chi connectivity index (χ2n) is 4.51. The molecule has 0 bridgehead atoms. The maximum Gasteiger partial charge on any atom is 0.225 e. The number of carbonyl (C=O) groups excluding carboxylic acids is 1. The molecule has 0 aliphatic carbocycles. The second-order valence-corrected chi connectivity index (χ2v) is 5.60. The second kappa shape index (κ2) is 6.32. The molecule has 1 amide bonds. The lowest BCUT2D eigenvalue weighted by Gasteiger charge is -2.03. The lowest BCUT2D eigenvalue weighted by atomic mass is 10.2. The van der Waals surface area contributed by atoms with E-state index < -0.39 is 0 Å². The maximum absolute atomic E-state index is 11.9. The van der Waals surface area contributed by atoms with Gasteiger partial charge in [0.2, 0.25) is 5.91 Å². The van der Waals surface area contributed by atoms with Crippen LogP contribution >= 0.6 is 11.3 Å². The highest BCUT2D eigenvalue weighted by molar-refractivity contribution is 7.14. The van der Waals surface area contributed by atoms with E-state index >= 15 is 0 Å². The molecule has 0 saturated carbocycles. The summed E-state index contributed by atoms with van der Waals surface area (Å²) in [4.78, 5) is 21.1. The van der Waals surface area contributed by atoms with E-state index in [1.807, 2.05) is 41.2 Å². The van der Waals surface area contributed by atoms with E-state index in [9.17, 15) is 4.79 Å². The van der Waals surface area contributed by atoms with E-state index in [1.165, 1.54) is 11.3 Å². The smallest absolute Gasteiger partial charge is 0.225 e. The normalized spacial score (nSPS) is 10.5. The zero-order chi connectivity index (χ0) is 14.5. The number of nitrogens with zero attached hydrogens (tertiary/aromatic N) is 3. The number of amides is 1. The van der Waals surface area contributed by atoms with Gasteiger partial charge in [0, 0.05) is 42.4 Å². The average molecular weight is 298 g/mol. The van der Waals surface area contributed by atoms with Gasteiger partial charge >= 0.3 is 0 Å². The average Bonchev–Trinajstić information content (AvgIpc) is 3.17. The minimum atomic E-state index is -0.00508. The van der Waals surface area contributed by atoms with Gasteiger partial charge in [0.1, 0.15) is 0 Å². The molecule has 3 aromatic rings. The Morgan fingerprint density at radius 1 is 1.24 bits per heavy atom. The SMILES string of the molecule is O=C(Cc1cnc(-n2cccc2)s1)NCc1ccncc1. The highest BCUT2D eigenvalue weighted by Crippen LogP contribution is 2.17. The van der Waals surface area contributed by atoms with Gasteiger partial charge in [-0.2, -0.15) is 0 Å². The molecule has 3 aromatic heterocycles. The molecule has 0 aliphatic rings. The number of rotatable bonds is 5. The first-order valence-electron chi connectivity index (χ1n) is 6.55. The molecule has 0 aliphatic heterocycles. The monoisotopic (exact) mass is 298 g/mol. The molecule has 1 N–H and O–H groups in total. The number of nitrogens with one attached hydrogen (secondary N) is 1. The summed E-state index contributed by atoms with van der Waals surface area (Å²) in [6.45, 7) is 0.518. The molecule has 106 valence electrons. The van der Waals surface area contributed by atoms with Gasteiger partial charge in [-0.05, 0) is 29.8 Å². The van der Waals surface area contributed by atoms with Crippen LogP contribution in [0.2, 0.25) is 0 Å². The summed E-state index contributed by atoms with van der Waals surface area (Å²) in [6.07, 6.45) is 9.41. The lowest BCUT2D eigenvalue weighted by molar-refractivity contribution is -0.120. The topological polar surface area (TPSA) is 59.8 Å². The number of hydrogen-bond donors (Lipinski definition) is 1. The molecule has 5 nitrogen and oxygen atoms in total. The molecular weight excluding hydrogens is 284 g/mol. The van der Waals surface area contributed by atoms with Crippen LogP contribution < -0.4 is 5.32 Å². The fourth-order valence-corrected chi connectivity index (χ4v) is 2.76. The van der Waals surface area contributed by atoms with Crippen LogP contribution in [0.15, 0.2) is 55.2 Å². The van der Waals surface area contributed by atoms with Crippen LogP contribution in [0.4, 0.5) is 0 Å². The summed E-state index contributed by atoms with van der Waals surface area (Å²) in [5.74, 6) is -0.00508. The summed E-state index contributed by atoms with van der Waals surface area (Å²) in [6, 6.07) is 7.67. The van der Waals surface area contributed by atoms with E-state index in [-0.39, 0.29) is 5.91 Å². The first-order valence-corrected chi connectivity index (χ1v) is 7.36. The van der Waals surface area contributed by atoms with E-state index in [0.717, 1.165) is 15.6 Å². The number of carbonyl (C=O) groups is 1. The van der Waals surface area contributed by atoms with Crippen molar-refractivity contribution < 1.29 is 4.79 Å². The lowest BCUT2D eigenvalue weighted by Crippen LogP contribution is -2.24. The van der Waals surface area contributed by atoms with Crippen LogP contribution in [0, 0.1) is 0 Å². The minimum absolute atomic E-state index is 0.00508. The number of aromatic nitrogens is 3. The van der Waals surface area contributed by atoms with Crippen molar-refractivity contribution >= 4 is 17.2 Å². The number of hydrogen-bond acceptors (Lipinski definition) is 4. The van der Waals surface area contributed by atoms with E-state index in [4.69, 9.17) is 0 Å². The minimum Gasteiger partial charge on any atom is -0.352 e. The molecular formula is C15H14N4OS. The fourth-order valence-electron chi connectivity index (χ4n) is 1.88. The Bertz CT molecular complexity index is 706. The number of pyridine rings is 1. The zero-order valence-corrected chi connectivity index (χ0v) is 12.1. The first kappa shape index (κ1) is 13.5. The van der Waals surface area contributed by atoms with Gasteiger partial charge in [-0.15, -0.1) is 11.3 Å². The molecule has 0 radical (unpaired) electrons. The van der Waals surface area contributed by atoms with E-state index in [2.05, 4.69) is 15.3 Å². The molecule has 0 fully saturated rings. The highest BCUT2D eigenvalue weighted by atomic mass is 32.1. The van der Waals surface area contributed by atoms with Crippen LogP contribution in [0.5, 0.6) is 0 Å². The van der Waals surface area contributed by atoms with Crippen LogP contribution in [0.25, 0.3) is 5.13 Å². The maximum atomic E-state index is 11.9. The van der Waals surface area contributed by atoms with Gasteiger partial charge in [-0.1, -0.05) is 0 Å². The van der Waals surface area contributed by atoms with Crippen molar-refractivity contribution in [3.63, 3.8) is 0 Å². The molecule has 3 heterocycles. The quantitative estimate of drug-likeness (QED) is 0.785. The summed E-state index contributed by atoms with van der Waals surface area (Å²) in [7, 11) is 0. The van der Waals surface area contributed by atoms with Gasteiger partial charge in [-0.3, -0.25) is 9.78 Å². The Balaban J connectivity index is 1.55. The van der Waals surface area contributed by atoms with Crippen molar-refractivity contribution in [3.05, 3.63) is 65.7 Å². The Hall–Kier alpha value is -2.47. The summed E-state index contributed by atoms with van der Waals surface area (Å²) in [5, 5.41) is 3.77. The third-order valence-corrected chi connectivity index (χ3v) is 3.95. The third-order valence-electron chi connectivity index (χ3n) is 2.94. The van der Waals surface area contributed by atoms with Crippen molar-refractivity contribution in [2.75, 3.05) is 0 Å². The number of thiazole rings is 1. The summed E-state index contributed by atoms with van der Waals surface area (Å²) in [5.41, 5.74) is 1.04. The third kappa shape index (κ3) is 3.55. The van der Waals surface area contributed by atoms with Crippen molar-refractivity contribution in [1.29, 1.82) is 0 Å². The zero-order valence-electron chi connectivity index (χ0n) is 11.3. The van der Waals surface area contributed by atoms with Gasteiger partial charge in [0.25, 0.3) is 0 Å². The Kier molecular flexibility index (Phi) is 4.07. The molecule has 0 atom stereocenters. The largest absolute Gasteiger partial charge is 0.352 e. The van der Waals surface area contributed by atoms with Crippen LogP contribution in [0.3, 0.4) is 0 Å². The van der Waals surface area contributed by atoms with Crippen LogP contribution in [-0.2, 0) is 17.8 Å². The molecule has 3 rings (SSSR count). The molecule has 0 saturated heterocycles.